The van der Waals surface area contributed by atoms with E-state index in [0.717, 1.165) is 11.3 Å². The van der Waals surface area contributed by atoms with Crippen LogP contribution < -0.4 is 5.32 Å². The molecule has 0 saturated heterocycles. The number of aryl methyl sites for hydroxylation is 2. The SMILES string of the molecule is Cc1nn(Cc2ccc(F)cc2Cl)c(C)c1NC(=O)c1nn(C)cc1Br. The number of benzene rings is 1. The highest BCUT2D eigenvalue weighted by molar-refractivity contribution is 9.10. The van der Waals surface area contributed by atoms with Crippen molar-refractivity contribution in [3.8, 4) is 0 Å². The minimum atomic E-state index is -0.388. The van der Waals surface area contributed by atoms with Crippen LogP contribution in [0.1, 0.15) is 27.4 Å². The minimum Gasteiger partial charge on any atom is -0.317 e. The van der Waals surface area contributed by atoms with Gasteiger partial charge < -0.3 is 5.32 Å². The smallest absolute Gasteiger partial charge is 0.277 e. The summed E-state index contributed by atoms with van der Waals surface area (Å²) in [7, 11) is 1.74. The first-order valence-electron chi connectivity index (χ1n) is 7.74. The van der Waals surface area contributed by atoms with Gasteiger partial charge >= 0.3 is 0 Å². The quantitative estimate of drug-likeness (QED) is 0.664. The number of nitrogens with zero attached hydrogens (tertiary/aromatic N) is 4. The van der Waals surface area contributed by atoms with Gasteiger partial charge in [0.2, 0.25) is 0 Å². The number of anilines is 1. The molecule has 0 atom stereocenters. The maximum atomic E-state index is 13.2. The molecule has 0 unspecified atom stereocenters. The molecule has 1 amide bonds. The van der Waals surface area contributed by atoms with Crippen LogP contribution in [0.25, 0.3) is 0 Å². The first kappa shape index (κ1) is 18.6. The topological polar surface area (TPSA) is 64.7 Å². The van der Waals surface area contributed by atoms with Gasteiger partial charge in [0.15, 0.2) is 5.69 Å². The Bertz CT molecular complexity index is 997. The fraction of sp³-hybridized carbons (Fsp3) is 0.235. The fourth-order valence-corrected chi connectivity index (χ4v) is 3.41. The van der Waals surface area contributed by atoms with Gasteiger partial charge in [-0.1, -0.05) is 17.7 Å². The molecule has 1 N–H and O–H groups in total. The first-order chi connectivity index (χ1) is 12.3. The van der Waals surface area contributed by atoms with Gasteiger partial charge in [-0.3, -0.25) is 14.2 Å². The molecule has 2 heterocycles. The van der Waals surface area contributed by atoms with Crippen LogP contribution in [-0.2, 0) is 13.6 Å². The van der Waals surface area contributed by atoms with Gasteiger partial charge in [-0.25, -0.2) is 4.39 Å². The molecule has 0 aliphatic heterocycles. The molecule has 1 aromatic carbocycles. The van der Waals surface area contributed by atoms with Gasteiger partial charge in [-0.15, -0.1) is 0 Å². The fourth-order valence-electron chi connectivity index (χ4n) is 2.63. The average molecular weight is 441 g/mol. The monoisotopic (exact) mass is 439 g/mol. The van der Waals surface area contributed by atoms with Crippen molar-refractivity contribution in [2.75, 3.05) is 5.32 Å². The van der Waals surface area contributed by atoms with E-state index in [4.69, 9.17) is 11.6 Å². The predicted octanol–water partition coefficient (Wildman–Crippen LogP) is 4.09. The van der Waals surface area contributed by atoms with E-state index in [2.05, 4.69) is 31.4 Å². The van der Waals surface area contributed by atoms with Gasteiger partial charge in [0, 0.05) is 18.3 Å². The standard InChI is InChI=1S/C17H16BrClFN5O/c1-9-15(21-17(26)16-13(18)8-24(3)23-16)10(2)25(22-9)7-11-4-5-12(20)6-14(11)19/h4-6,8H,7H2,1-3H3,(H,21,26). The number of hydrogen-bond donors (Lipinski definition) is 1. The molecule has 0 saturated carbocycles. The lowest BCUT2D eigenvalue weighted by molar-refractivity contribution is 0.102. The summed E-state index contributed by atoms with van der Waals surface area (Å²) in [6.45, 7) is 4.02. The minimum absolute atomic E-state index is 0.292. The zero-order valence-electron chi connectivity index (χ0n) is 14.3. The molecule has 0 aliphatic rings. The molecule has 0 radical (unpaired) electrons. The van der Waals surface area contributed by atoms with Crippen LogP contribution >= 0.6 is 27.5 Å². The van der Waals surface area contributed by atoms with Crippen molar-refractivity contribution < 1.29 is 9.18 Å². The molecule has 6 nitrogen and oxygen atoms in total. The Hall–Kier alpha value is -2.19. The Kier molecular flexibility index (Phi) is 5.15. The maximum Gasteiger partial charge on any atom is 0.277 e. The number of carbonyl (C=O) groups excluding carboxylic acids is 1. The molecular formula is C17H16BrClFN5O. The number of carbonyl (C=O) groups is 1. The van der Waals surface area contributed by atoms with Crippen LogP contribution in [0.15, 0.2) is 28.9 Å². The molecule has 3 aromatic rings. The summed E-state index contributed by atoms with van der Waals surface area (Å²) in [6, 6.07) is 4.25. The third kappa shape index (κ3) is 3.66. The van der Waals surface area contributed by atoms with E-state index in [9.17, 15) is 9.18 Å². The van der Waals surface area contributed by atoms with Crippen LogP contribution in [0.5, 0.6) is 0 Å². The molecule has 136 valence electrons. The molecular weight excluding hydrogens is 425 g/mol. The molecule has 0 fully saturated rings. The highest BCUT2D eigenvalue weighted by atomic mass is 79.9. The number of hydrogen-bond acceptors (Lipinski definition) is 3. The lowest BCUT2D eigenvalue weighted by Crippen LogP contribution is -2.15. The average Bonchev–Trinajstić information content (AvgIpc) is 3.03. The van der Waals surface area contributed by atoms with E-state index in [1.165, 1.54) is 12.1 Å². The summed E-state index contributed by atoms with van der Waals surface area (Å²) in [5.41, 5.74) is 3.08. The highest BCUT2D eigenvalue weighted by Gasteiger charge is 2.19. The molecule has 0 aliphatic carbocycles. The second-order valence-electron chi connectivity index (χ2n) is 5.89. The van der Waals surface area contributed by atoms with Gasteiger partial charge in [-0.05, 0) is 47.5 Å². The normalized spacial score (nSPS) is 11.0. The molecule has 26 heavy (non-hydrogen) atoms. The van der Waals surface area contributed by atoms with Crippen molar-refractivity contribution in [2.45, 2.75) is 20.4 Å². The Balaban J connectivity index is 1.86. The summed E-state index contributed by atoms with van der Waals surface area (Å²) in [6.07, 6.45) is 1.70. The maximum absolute atomic E-state index is 13.2. The summed E-state index contributed by atoms with van der Waals surface area (Å²) < 4.78 is 17.1. The number of nitrogens with one attached hydrogen (secondary N) is 1. The zero-order chi connectivity index (χ0) is 19.0. The molecule has 0 spiro atoms. The van der Waals surface area contributed by atoms with Crippen molar-refractivity contribution in [2.24, 2.45) is 7.05 Å². The van der Waals surface area contributed by atoms with E-state index in [0.29, 0.717) is 33.1 Å². The largest absolute Gasteiger partial charge is 0.317 e. The molecule has 3 rings (SSSR count). The zero-order valence-corrected chi connectivity index (χ0v) is 16.7. The third-order valence-corrected chi connectivity index (χ3v) is 4.89. The number of aromatic nitrogens is 4. The van der Waals surface area contributed by atoms with Crippen LogP contribution in [0.2, 0.25) is 5.02 Å². The summed E-state index contributed by atoms with van der Waals surface area (Å²) in [5.74, 6) is -0.718. The van der Waals surface area contributed by atoms with E-state index in [1.807, 2.05) is 6.92 Å². The summed E-state index contributed by atoms with van der Waals surface area (Å²) in [5, 5.41) is 11.8. The first-order valence-corrected chi connectivity index (χ1v) is 8.91. The van der Waals surface area contributed by atoms with Gasteiger partial charge in [-0.2, -0.15) is 10.2 Å². The highest BCUT2D eigenvalue weighted by Crippen LogP contribution is 2.24. The summed E-state index contributed by atoms with van der Waals surface area (Å²) >= 11 is 9.42. The Morgan fingerprint density at radius 2 is 2.08 bits per heavy atom. The van der Waals surface area contributed by atoms with Crippen molar-refractivity contribution in [1.29, 1.82) is 0 Å². The second kappa shape index (κ2) is 7.20. The van der Waals surface area contributed by atoms with Crippen molar-refractivity contribution in [3.05, 3.63) is 62.4 Å². The Morgan fingerprint density at radius 1 is 1.35 bits per heavy atom. The number of rotatable bonds is 4. The van der Waals surface area contributed by atoms with Crippen LogP contribution in [0.4, 0.5) is 10.1 Å². The lowest BCUT2D eigenvalue weighted by Gasteiger charge is -2.08. The predicted molar refractivity (Wildman–Crippen MR) is 101 cm³/mol. The van der Waals surface area contributed by atoms with Gasteiger partial charge in [0.25, 0.3) is 5.91 Å². The molecule has 0 bridgehead atoms. The van der Waals surface area contributed by atoms with Crippen LogP contribution in [0.3, 0.4) is 0 Å². The van der Waals surface area contributed by atoms with E-state index in [1.54, 1.807) is 35.6 Å². The lowest BCUT2D eigenvalue weighted by atomic mass is 10.2. The van der Waals surface area contributed by atoms with Gasteiger partial charge in [0.1, 0.15) is 5.82 Å². The van der Waals surface area contributed by atoms with E-state index < -0.39 is 0 Å². The molecule has 2 aromatic heterocycles. The number of halogens is 3. The second-order valence-corrected chi connectivity index (χ2v) is 7.15. The summed E-state index contributed by atoms with van der Waals surface area (Å²) in [4.78, 5) is 12.5. The number of amides is 1. The van der Waals surface area contributed by atoms with E-state index >= 15 is 0 Å². The Morgan fingerprint density at radius 3 is 2.69 bits per heavy atom. The van der Waals surface area contributed by atoms with Crippen molar-refractivity contribution in [3.63, 3.8) is 0 Å². The van der Waals surface area contributed by atoms with Crippen LogP contribution in [-0.4, -0.2) is 25.5 Å². The van der Waals surface area contributed by atoms with Gasteiger partial charge in [0.05, 0.1) is 28.1 Å². The third-order valence-electron chi connectivity index (χ3n) is 3.95. The Labute approximate surface area is 163 Å². The molecule has 9 heteroatoms. The van der Waals surface area contributed by atoms with Crippen LogP contribution in [0, 0.1) is 19.7 Å². The van der Waals surface area contributed by atoms with Crippen molar-refractivity contribution >= 4 is 39.1 Å². The van der Waals surface area contributed by atoms with Crippen molar-refractivity contribution in [1.82, 2.24) is 19.6 Å². The van der Waals surface area contributed by atoms with E-state index in [-0.39, 0.29) is 11.7 Å².